The Labute approximate surface area is 101 Å². The number of benzene rings is 1. The number of hydrogen-bond acceptors (Lipinski definition) is 4. The highest BCUT2D eigenvalue weighted by molar-refractivity contribution is 9.10. The molecule has 0 amide bonds. The van der Waals surface area contributed by atoms with Crippen molar-refractivity contribution in [3.63, 3.8) is 0 Å². The Morgan fingerprint density at radius 3 is 3.06 bits per heavy atom. The molecule has 0 bridgehead atoms. The lowest BCUT2D eigenvalue weighted by Gasteiger charge is -1.96. The third-order valence-electron chi connectivity index (χ3n) is 2.02. The van der Waals surface area contributed by atoms with E-state index in [-0.39, 0.29) is 6.42 Å². The van der Waals surface area contributed by atoms with Gasteiger partial charge in [-0.2, -0.15) is 4.98 Å². The van der Waals surface area contributed by atoms with Gasteiger partial charge in [0.05, 0.1) is 6.42 Å². The van der Waals surface area contributed by atoms with E-state index >= 15 is 0 Å². The third kappa shape index (κ3) is 2.76. The molecule has 82 valence electrons. The number of carbonyl (C=O) groups excluding carboxylic acids is 1. The Hall–Kier alpha value is -1.49. The molecule has 0 atom stereocenters. The van der Waals surface area contributed by atoms with Gasteiger partial charge in [-0.1, -0.05) is 33.2 Å². The monoisotopic (exact) mass is 280 g/mol. The number of hydrogen-bond donors (Lipinski definition) is 0. The van der Waals surface area contributed by atoms with Crippen LogP contribution in [0, 0.1) is 0 Å². The van der Waals surface area contributed by atoms with E-state index in [4.69, 9.17) is 4.52 Å². The maximum Gasteiger partial charge on any atom is 0.233 e. The van der Waals surface area contributed by atoms with Gasteiger partial charge in [0, 0.05) is 10.9 Å². The van der Waals surface area contributed by atoms with Crippen LogP contribution in [0.3, 0.4) is 0 Å². The molecule has 0 N–H and O–H groups in total. The zero-order valence-electron chi connectivity index (χ0n) is 8.39. The number of nitrogens with zero attached hydrogens (tertiary/aromatic N) is 2. The maximum atomic E-state index is 10.3. The zero-order valence-corrected chi connectivity index (χ0v) is 9.98. The van der Waals surface area contributed by atoms with Gasteiger partial charge in [-0.25, -0.2) is 0 Å². The Balaban J connectivity index is 2.11. The molecule has 0 fully saturated rings. The molecule has 2 aromatic rings. The summed E-state index contributed by atoms with van der Waals surface area (Å²) >= 11 is 3.39. The quantitative estimate of drug-likeness (QED) is 0.806. The van der Waals surface area contributed by atoms with Gasteiger partial charge < -0.3 is 9.32 Å². The highest BCUT2D eigenvalue weighted by Gasteiger charge is 2.06. The van der Waals surface area contributed by atoms with Crippen molar-refractivity contribution in [3.05, 3.63) is 46.0 Å². The summed E-state index contributed by atoms with van der Waals surface area (Å²) in [6.45, 7) is 0. The molecule has 0 aliphatic heterocycles. The summed E-state index contributed by atoms with van der Waals surface area (Å²) in [5.41, 5.74) is 1.09. The van der Waals surface area contributed by atoms with E-state index in [0.29, 0.717) is 18.1 Å². The van der Waals surface area contributed by atoms with Crippen molar-refractivity contribution >= 4 is 22.2 Å². The number of aromatic nitrogens is 2. The molecule has 0 saturated heterocycles. The van der Waals surface area contributed by atoms with Crippen molar-refractivity contribution in [1.82, 2.24) is 10.1 Å². The minimum absolute atomic E-state index is 0.172. The van der Waals surface area contributed by atoms with Crippen molar-refractivity contribution in [2.75, 3.05) is 0 Å². The molecular weight excluding hydrogens is 272 g/mol. The SMILES string of the molecule is O=CCc1nc(Cc2cccc(Br)c2)no1. The lowest BCUT2D eigenvalue weighted by molar-refractivity contribution is -0.107. The van der Waals surface area contributed by atoms with Crippen LogP contribution in [0.1, 0.15) is 17.3 Å². The molecule has 4 nitrogen and oxygen atoms in total. The average Bonchev–Trinajstić information content (AvgIpc) is 2.66. The van der Waals surface area contributed by atoms with Crippen LogP contribution in [0.4, 0.5) is 0 Å². The minimum Gasteiger partial charge on any atom is -0.339 e. The number of halogens is 1. The van der Waals surface area contributed by atoms with E-state index < -0.39 is 0 Å². The first-order valence-electron chi connectivity index (χ1n) is 4.77. The largest absolute Gasteiger partial charge is 0.339 e. The second-order valence-electron chi connectivity index (χ2n) is 3.28. The standard InChI is InChI=1S/C11H9BrN2O2/c12-9-3-1-2-8(6-9)7-10-13-11(4-5-15)16-14-10/h1-3,5-6H,4,7H2. The molecule has 0 spiro atoms. The zero-order chi connectivity index (χ0) is 11.4. The van der Waals surface area contributed by atoms with Crippen LogP contribution in [-0.2, 0) is 17.6 Å². The lowest BCUT2D eigenvalue weighted by Crippen LogP contribution is -1.91. The highest BCUT2D eigenvalue weighted by atomic mass is 79.9. The summed E-state index contributed by atoms with van der Waals surface area (Å²) in [6.07, 6.45) is 1.52. The highest BCUT2D eigenvalue weighted by Crippen LogP contribution is 2.14. The predicted molar refractivity (Wildman–Crippen MR) is 61.0 cm³/mol. The number of carbonyl (C=O) groups is 1. The fourth-order valence-electron chi connectivity index (χ4n) is 1.35. The molecular formula is C11H9BrN2O2. The summed E-state index contributed by atoms with van der Waals surface area (Å²) in [6, 6.07) is 7.89. The van der Waals surface area contributed by atoms with Gasteiger partial charge in [0.2, 0.25) is 5.89 Å². The molecule has 0 aliphatic carbocycles. The molecule has 1 heterocycles. The van der Waals surface area contributed by atoms with Crippen LogP contribution in [0.2, 0.25) is 0 Å². The van der Waals surface area contributed by atoms with Crippen molar-refractivity contribution in [1.29, 1.82) is 0 Å². The van der Waals surface area contributed by atoms with Gasteiger partial charge in [0.1, 0.15) is 6.29 Å². The van der Waals surface area contributed by atoms with Crippen LogP contribution in [0.15, 0.2) is 33.3 Å². The van der Waals surface area contributed by atoms with Crippen molar-refractivity contribution < 1.29 is 9.32 Å². The van der Waals surface area contributed by atoms with E-state index in [0.717, 1.165) is 16.3 Å². The first kappa shape index (κ1) is 11.0. The second kappa shape index (κ2) is 5.03. The van der Waals surface area contributed by atoms with Crippen LogP contribution in [0.25, 0.3) is 0 Å². The molecule has 0 unspecified atom stereocenters. The summed E-state index contributed by atoms with van der Waals surface area (Å²) in [5.74, 6) is 0.954. The first-order valence-corrected chi connectivity index (χ1v) is 5.57. The van der Waals surface area contributed by atoms with E-state index in [1.807, 2.05) is 24.3 Å². The Morgan fingerprint density at radius 2 is 2.31 bits per heavy atom. The topological polar surface area (TPSA) is 56.0 Å². The van der Waals surface area contributed by atoms with Crippen LogP contribution in [-0.4, -0.2) is 16.4 Å². The van der Waals surface area contributed by atoms with Crippen LogP contribution >= 0.6 is 15.9 Å². The number of rotatable bonds is 4. The first-order chi connectivity index (χ1) is 7.78. The summed E-state index contributed by atoms with van der Waals surface area (Å²) < 4.78 is 5.92. The Morgan fingerprint density at radius 1 is 1.44 bits per heavy atom. The molecule has 1 aromatic heterocycles. The summed E-state index contributed by atoms with van der Waals surface area (Å²) in [5, 5.41) is 3.80. The van der Waals surface area contributed by atoms with E-state index in [1.54, 1.807) is 0 Å². The van der Waals surface area contributed by atoms with E-state index in [1.165, 1.54) is 0 Å². The van der Waals surface area contributed by atoms with Gasteiger partial charge in [-0.3, -0.25) is 0 Å². The smallest absolute Gasteiger partial charge is 0.233 e. The van der Waals surface area contributed by atoms with E-state index in [2.05, 4.69) is 26.1 Å². The molecule has 0 radical (unpaired) electrons. The predicted octanol–water partition coefficient (Wildman–Crippen LogP) is 2.16. The maximum absolute atomic E-state index is 10.3. The summed E-state index contributed by atoms with van der Waals surface area (Å²) in [4.78, 5) is 14.4. The van der Waals surface area contributed by atoms with Gasteiger partial charge in [-0.05, 0) is 17.7 Å². The van der Waals surface area contributed by atoms with Crippen molar-refractivity contribution in [2.45, 2.75) is 12.8 Å². The third-order valence-corrected chi connectivity index (χ3v) is 2.51. The van der Waals surface area contributed by atoms with Crippen LogP contribution < -0.4 is 0 Å². The average molecular weight is 281 g/mol. The van der Waals surface area contributed by atoms with Gasteiger partial charge >= 0.3 is 0 Å². The van der Waals surface area contributed by atoms with Crippen LogP contribution in [0.5, 0.6) is 0 Å². The van der Waals surface area contributed by atoms with Gasteiger partial charge in [0.15, 0.2) is 5.82 Å². The van der Waals surface area contributed by atoms with Gasteiger partial charge in [0.25, 0.3) is 0 Å². The lowest BCUT2D eigenvalue weighted by atomic mass is 10.1. The Bertz CT molecular complexity index is 496. The minimum atomic E-state index is 0.172. The second-order valence-corrected chi connectivity index (χ2v) is 4.20. The molecule has 5 heteroatoms. The Kier molecular flexibility index (Phi) is 3.46. The number of aldehydes is 1. The molecule has 0 saturated carbocycles. The van der Waals surface area contributed by atoms with Crippen molar-refractivity contribution in [3.8, 4) is 0 Å². The van der Waals surface area contributed by atoms with Crippen molar-refractivity contribution in [2.24, 2.45) is 0 Å². The normalized spacial score (nSPS) is 10.3. The summed E-state index contributed by atoms with van der Waals surface area (Å²) in [7, 11) is 0. The fraction of sp³-hybridized carbons (Fsp3) is 0.182. The molecule has 1 aromatic carbocycles. The molecule has 16 heavy (non-hydrogen) atoms. The van der Waals surface area contributed by atoms with Gasteiger partial charge in [-0.15, -0.1) is 0 Å². The molecule has 0 aliphatic rings. The fourth-order valence-corrected chi connectivity index (χ4v) is 1.79. The van der Waals surface area contributed by atoms with E-state index in [9.17, 15) is 4.79 Å². The molecule has 2 rings (SSSR count).